The average molecular weight is 372 g/mol. The summed E-state index contributed by atoms with van der Waals surface area (Å²) in [6, 6.07) is 5.85. The zero-order valence-electron chi connectivity index (χ0n) is 14.3. The summed E-state index contributed by atoms with van der Waals surface area (Å²) in [7, 11) is 0. The molecule has 3 N–H and O–H groups in total. The number of pyridine rings is 1. The van der Waals surface area contributed by atoms with Gasteiger partial charge in [0, 0.05) is 23.7 Å². The van der Waals surface area contributed by atoms with Crippen LogP contribution in [0.25, 0.3) is 10.9 Å². The minimum atomic E-state index is 0. The van der Waals surface area contributed by atoms with Crippen LogP contribution in [0.2, 0.25) is 0 Å². The van der Waals surface area contributed by atoms with Crippen LogP contribution in [0, 0.1) is 19.8 Å². The van der Waals surface area contributed by atoms with Crippen LogP contribution in [-0.2, 0) is 6.54 Å². The lowest BCUT2D eigenvalue weighted by atomic mass is 9.97. The number of hydrogen-bond donors (Lipinski definition) is 2. The Morgan fingerprint density at radius 2 is 1.83 bits per heavy atom. The van der Waals surface area contributed by atoms with Gasteiger partial charge in [0.1, 0.15) is 0 Å². The van der Waals surface area contributed by atoms with Crippen LogP contribution in [0.15, 0.2) is 23.0 Å². The Morgan fingerprint density at radius 1 is 1.17 bits per heavy atom. The van der Waals surface area contributed by atoms with Crippen molar-refractivity contribution < 1.29 is 0 Å². The smallest absolute Gasteiger partial charge is 0.189 e. The lowest BCUT2D eigenvalue weighted by Crippen LogP contribution is -2.36. The Labute approximate surface area is 155 Å². The summed E-state index contributed by atoms with van der Waals surface area (Å²) in [5.74, 6) is 0.664. The third kappa shape index (κ3) is 4.51. The molecule has 4 nitrogen and oxygen atoms in total. The van der Waals surface area contributed by atoms with Crippen LogP contribution in [0.4, 0.5) is 0 Å². The number of likely N-dealkylation sites (tertiary alicyclic amines) is 1. The molecule has 2 aromatic rings. The summed E-state index contributed by atoms with van der Waals surface area (Å²) in [6.45, 7) is 7.82. The fourth-order valence-electron chi connectivity index (χ4n) is 3.47. The van der Waals surface area contributed by atoms with Crippen molar-refractivity contribution >= 4 is 35.7 Å². The molecular weight excluding hydrogens is 345 g/mol. The second kappa shape index (κ2) is 8.86. The molecule has 1 aliphatic rings. The number of piperidine rings is 1. The standard InChI is InChI=1S/C18H25N3O.2ClH/c1-12-7-13(2)18-16(8-12)17(22)9-15(20-18)11-21-5-3-14(10-19)4-6-21;;/h7-9,14H,3-6,10-11,19H2,1-2H3,(H,20,22);2*1H. The van der Waals surface area contributed by atoms with Crippen molar-refractivity contribution in [3.8, 4) is 0 Å². The second-order valence-electron chi connectivity index (χ2n) is 6.62. The molecule has 0 unspecified atom stereocenters. The number of aromatic nitrogens is 1. The Hall–Kier alpha value is -1.07. The van der Waals surface area contributed by atoms with Crippen LogP contribution < -0.4 is 11.2 Å². The molecule has 0 saturated carbocycles. The number of rotatable bonds is 3. The van der Waals surface area contributed by atoms with Crippen molar-refractivity contribution in [3.05, 3.63) is 45.2 Å². The number of hydrogen-bond acceptors (Lipinski definition) is 3. The molecule has 0 atom stereocenters. The third-order valence-corrected chi connectivity index (χ3v) is 4.77. The van der Waals surface area contributed by atoms with Crippen molar-refractivity contribution in [2.24, 2.45) is 11.7 Å². The summed E-state index contributed by atoms with van der Waals surface area (Å²) in [6.07, 6.45) is 2.32. The summed E-state index contributed by atoms with van der Waals surface area (Å²) < 4.78 is 0. The van der Waals surface area contributed by atoms with E-state index in [1.165, 1.54) is 0 Å². The molecule has 6 heteroatoms. The van der Waals surface area contributed by atoms with E-state index in [4.69, 9.17) is 5.73 Å². The van der Waals surface area contributed by atoms with E-state index < -0.39 is 0 Å². The summed E-state index contributed by atoms with van der Waals surface area (Å²) in [5, 5.41) is 0.795. The zero-order valence-corrected chi connectivity index (χ0v) is 15.9. The van der Waals surface area contributed by atoms with Gasteiger partial charge in [-0.05, 0) is 69.4 Å². The average Bonchev–Trinajstić information content (AvgIpc) is 2.49. The molecule has 0 bridgehead atoms. The molecule has 1 saturated heterocycles. The Bertz CT molecular complexity index is 737. The van der Waals surface area contributed by atoms with E-state index in [0.29, 0.717) is 5.92 Å². The van der Waals surface area contributed by atoms with Gasteiger partial charge in [-0.3, -0.25) is 9.69 Å². The molecule has 3 rings (SSSR count). The van der Waals surface area contributed by atoms with Gasteiger partial charge in [0.2, 0.25) is 0 Å². The highest BCUT2D eigenvalue weighted by Gasteiger charge is 2.18. The van der Waals surface area contributed by atoms with Crippen LogP contribution in [0.1, 0.15) is 29.7 Å². The molecule has 0 spiro atoms. The Morgan fingerprint density at radius 3 is 2.46 bits per heavy atom. The molecule has 24 heavy (non-hydrogen) atoms. The molecule has 1 aromatic carbocycles. The fourth-order valence-corrected chi connectivity index (χ4v) is 3.47. The lowest BCUT2D eigenvalue weighted by Gasteiger charge is -2.31. The van der Waals surface area contributed by atoms with Crippen molar-refractivity contribution in [1.82, 2.24) is 9.88 Å². The summed E-state index contributed by atoms with van der Waals surface area (Å²) in [5.41, 5.74) is 10.1. The lowest BCUT2D eigenvalue weighted by molar-refractivity contribution is 0.179. The van der Waals surface area contributed by atoms with Crippen molar-refractivity contribution in [3.63, 3.8) is 0 Å². The largest absolute Gasteiger partial charge is 0.357 e. The van der Waals surface area contributed by atoms with Crippen molar-refractivity contribution in [2.75, 3.05) is 19.6 Å². The van der Waals surface area contributed by atoms with Gasteiger partial charge < -0.3 is 10.7 Å². The van der Waals surface area contributed by atoms with E-state index in [-0.39, 0.29) is 30.2 Å². The predicted octanol–water partition coefficient (Wildman–Crippen LogP) is 3.16. The van der Waals surface area contributed by atoms with E-state index >= 15 is 0 Å². The number of nitrogens with two attached hydrogens (primary N) is 1. The van der Waals surface area contributed by atoms with Gasteiger partial charge in [-0.15, -0.1) is 24.8 Å². The highest BCUT2D eigenvalue weighted by Crippen LogP contribution is 2.19. The van der Waals surface area contributed by atoms with Gasteiger partial charge in [0.25, 0.3) is 0 Å². The van der Waals surface area contributed by atoms with E-state index in [2.05, 4.69) is 22.9 Å². The Balaban J connectivity index is 0.00000144. The highest BCUT2D eigenvalue weighted by molar-refractivity contribution is 5.85. The van der Waals surface area contributed by atoms with Crippen LogP contribution >= 0.6 is 24.8 Å². The fraction of sp³-hybridized carbons (Fsp3) is 0.500. The topological polar surface area (TPSA) is 62.1 Å². The summed E-state index contributed by atoms with van der Waals surface area (Å²) in [4.78, 5) is 18.3. The van der Waals surface area contributed by atoms with Crippen LogP contribution in [0.5, 0.6) is 0 Å². The van der Waals surface area contributed by atoms with Gasteiger partial charge in [-0.1, -0.05) is 6.07 Å². The number of benzene rings is 1. The maximum Gasteiger partial charge on any atom is 0.189 e. The van der Waals surface area contributed by atoms with E-state index in [1.807, 2.05) is 13.0 Å². The first-order valence-electron chi connectivity index (χ1n) is 8.12. The molecule has 1 fully saturated rings. The molecular formula is C18H27Cl2N3O. The number of fused-ring (bicyclic) bond motifs is 1. The zero-order chi connectivity index (χ0) is 15.7. The maximum atomic E-state index is 12.4. The minimum Gasteiger partial charge on any atom is -0.357 e. The molecule has 1 aromatic heterocycles. The SMILES string of the molecule is Cc1cc(C)c2[nH]c(CN3CCC(CN)CC3)cc(=O)c2c1.Cl.Cl. The third-order valence-electron chi connectivity index (χ3n) is 4.77. The molecule has 1 aliphatic heterocycles. The van der Waals surface area contributed by atoms with Gasteiger partial charge in [0.05, 0.1) is 5.52 Å². The number of aryl methyl sites for hydroxylation is 2. The first-order valence-corrected chi connectivity index (χ1v) is 8.12. The van der Waals surface area contributed by atoms with Gasteiger partial charge in [-0.25, -0.2) is 0 Å². The van der Waals surface area contributed by atoms with E-state index in [0.717, 1.165) is 66.7 Å². The van der Waals surface area contributed by atoms with Crippen molar-refractivity contribution in [1.29, 1.82) is 0 Å². The van der Waals surface area contributed by atoms with Crippen LogP contribution in [0.3, 0.4) is 0 Å². The van der Waals surface area contributed by atoms with Gasteiger partial charge in [-0.2, -0.15) is 0 Å². The van der Waals surface area contributed by atoms with Crippen molar-refractivity contribution in [2.45, 2.75) is 33.2 Å². The second-order valence-corrected chi connectivity index (χ2v) is 6.62. The molecule has 134 valence electrons. The van der Waals surface area contributed by atoms with E-state index in [1.54, 1.807) is 6.07 Å². The molecule has 0 aliphatic carbocycles. The minimum absolute atomic E-state index is 0. The van der Waals surface area contributed by atoms with Gasteiger partial charge >= 0.3 is 0 Å². The normalized spacial score (nSPS) is 15.8. The molecule has 0 radical (unpaired) electrons. The highest BCUT2D eigenvalue weighted by atomic mass is 35.5. The number of H-pyrrole nitrogens is 1. The monoisotopic (exact) mass is 371 g/mol. The van der Waals surface area contributed by atoms with Crippen LogP contribution in [-0.4, -0.2) is 29.5 Å². The summed E-state index contributed by atoms with van der Waals surface area (Å²) >= 11 is 0. The number of nitrogens with zero attached hydrogens (tertiary/aromatic N) is 1. The Kier molecular flexibility index (Phi) is 7.74. The molecule has 2 heterocycles. The number of aromatic amines is 1. The van der Waals surface area contributed by atoms with Gasteiger partial charge in [0.15, 0.2) is 5.43 Å². The molecule has 0 amide bonds. The first-order chi connectivity index (χ1) is 10.6. The maximum absolute atomic E-state index is 12.4. The first kappa shape index (κ1) is 21.0. The quantitative estimate of drug-likeness (QED) is 0.870. The number of nitrogens with one attached hydrogen (secondary N) is 1. The van der Waals surface area contributed by atoms with E-state index in [9.17, 15) is 4.79 Å². The predicted molar refractivity (Wildman–Crippen MR) is 106 cm³/mol. The number of halogens is 2.